The van der Waals surface area contributed by atoms with Crippen LogP contribution in [0.2, 0.25) is 0 Å². The van der Waals surface area contributed by atoms with Gasteiger partial charge in [0.1, 0.15) is 6.04 Å². The van der Waals surface area contributed by atoms with Crippen molar-refractivity contribution in [3.05, 3.63) is 12.7 Å². The third kappa shape index (κ3) is 3.27. The summed E-state index contributed by atoms with van der Waals surface area (Å²) in [6.45, 7) is 4.74. The second-order valence-electron chi connectivity index (χ2n) is 3.57. The van der Waals surface area contributed by atoms with Gasteiger partial charge in [0.2, 0.25) is 5.91 Å². The monoisotopic (exact) mass is 212 g/mol. The predicted octanol–water partition coefficient (Wildman–Crippen LogP) is 0.821. The molecule has 1 heterocycles. The van der Waals surface area contributed by atoms with Crippen molar-refractivity contribution in [1.29, 1.82) is 0 Å². The van der Waals surface area contributed by atoms with Gasteiger partial charge in [0.25, 0.3) is 0 Å². The van der Waals surface area contributed by atoms with Crippen LogP contribution in [0.15, 0.2) is 12.7 Å². The standard InChI is InChI=1S/C10H16N2O3/c1-2-6-12-7-4-3-5-8(9(12)13)11-10(14)15/h2,8,11H,1,3-7H2,(H,14,15)/t8-/m0/s1. The van der Waals surface area contributed by atoms with E-state index in [0.717, 1.165) is 12.8 Å². The molecule has 0 aromatic rings. The van der Waals surface area contributed by atoms with Crippen molar-refractivity contribution >= 4 is 12.0 Å². The SMILES string of the molecule is C=CCN1CCCC[C@H](NC(=O)O)C1=O. The summed E-state index contributed by atoms with van der Waals surface area (Å²) in [4.78, 5) is 24.0. The van der Waals surface area contributed by atoms with Gasteiger partial charge in [-0.15, -0.1) is 6.58 Å². The second kappa shape index (κ2) is 5.38. The van der Waals surface area contributed by atoms with Crippen LogP contribution >= 0.6 is 0 Å². The zero-order valence-electron chi connectivity index (χ0n) is 8.61. The first-order valence-electron chi connectivity index (χ1n) is 5.04. The topological polar surface area (TPSA) is 69.6 Å². The van der Waals surface area contributed by atoms with E-state index in [2.05, 4.69) is 11.9 Å². The number of carbonyl (C=O) groups is 2. The third-order valence-corrected chi connectivity index (χ3v) is 2.43. The van der Waals surface area contributed by atoms with Gasteiger partial charge in [0.05, 0.1) is 0 Å². The summed E-state index contributed by atoms with van der Waals surface area (Å²) in [6, 6.07) is -0.593. The number of hydrogen-bond acceptors (Lipinski definition) is 2. The van der Waals surface area contributed by atoms with Crippen LogP contribution in [-0.2, 0) is 4.79 Å². The Labute approximate surface area is 88.8 Å². The van der Waals surface area contributed by atoms with E-state index in [1.165, 1.54) is 0 Å². The lowest BCUT2D eigenvalue weighted by Gasteiger charge is -2.22. The largest absolute Gasteiger partial charge is 0.465 e. The zero-order chi connectivity index (χ0) is 11.3. The zero-order valence-corrected chi connectivity index (χ0v) is 8.61. The molecule has 0 spiro atoms. The Morgan fingerprint density at radius 1 is 1.67 bits per heavy atom. The molecule has 1 aliphatic rings. The van der Waals surface area contributed by atoms with Gasteiger partial charge in [-0.1, -0.05) is 6.08 Å². The molecule has 0 unspecified atom stereocenters. The number of hydrogen-bond donors (Lipinski definition) is 2. The molecule has 0 aromatic carbocycles. The number of amides is 2. The first-order chi connectivity index (χ1) is 7.15. The lowest BCUT2D eigenvalue weighted by atomic mass is 10.1. The normalized spacial score (nSPS) is 22.0. The summed E-state index contributed by atoms with van der Waals surface area (Å²) in [5.74, 6) is -0.144. The van der Waals surface area contributed by atoms with Crippen molar-refractivity contribution in [1.82, 2.24) is 10.2 Å². The van der Waals surface area contributed by atoms with Gasteiger partial charge < -0.3 is 15.3 Å². The molecule has 15 heavy (non-hydrogen) atoms. The van der Waals surface area contributed by atoms with Gasteiger partial charge in [-0.05, 0) is 19.3 Å². The lowest BCUT2D eigenvalue weighted by molar-refractivity contribution is -0.132. The summed E-state index contributed by atoms with van der Waals surface area (Å²) in [5, 5.41) is 10.8. The van der Waals surface area contributed by atoms with Gasteiger partial charge in [-0.3, -0.25) is 4.79 Å². The Hall–Kier alpha value is -1.52. The second-order valence-corrected chi connectivity index (χ2v) is 3.57. The molecule has 0 aromatic heterocycles. The Morgan fingerprint density at radius 3 is 3.00 bits per heavy atom. The molecule has 1 fully saturated rings. The number of nitrogens with zero attached hydrogens (tertiary/aromatic N) is 1. The molecule has 5 nitrogen and oxygen atoms in total. The maximum Gasteiger partial charge on any atom is 0.405 e. The van der Waals surface area contributed by atoms with Gasteiger partial charge in [-0.25, -0.2) is 4.79 Å². The van der Waals surface area contributed by atoms with E-state index in [4.69, 9.17) is 5.11 Å². The Balaban J connectivity index is 2.65. The quantitative estimate of drug-likeness (QED) is 0.680. The van der Waals surface area contributed by atoms with Gasteiger partial charge in [-0.2, -0.15) is 0 Å². The van der Waals surface area contributed by atoms with Gasteiger partial charge >= 0.3 is 6.09 Å². The van der Waals surface area contributed by atoms with E-state index < -0.39 is 12.1 Å². The molecule has 0 saturated carbocycles. The summed E-state index contributed by atoms with van der Waals surface area (Å²) < 4.78 is 0. The third-order valence-electron chi connectivity index (χ3n) is 2.43. The average molecular weight is 212 g/mol. The molecular formula is C10H16N2O3. The molecule has 2 amide bonds. The summed E-state index contributed by atoms with van der Waals surface area (Å²) >= 11 is 0. The van der Waals surface area contributed by atoms with Crippen LogP contribution in [0.3, 0.4) is 0 Å². The minimum atomic E-state index is -1.14. The van der Waals surface area contributed by atoms with Crippen molar-refractivity contribution in [2.24, 2.45) is 0 Å². The molecule has 1 aliphatic heterocycles. The fourth-order valence-electron chi connectivity index (χ4n) is 1.73. The fourth-order valence-corrected chi connectivity index (χ4v) is 1.73. The molecular weight excluding hydrogens is 196 g/mol. The van der Waals surface area contributed by atoms with E-state index >= 15 is 0 Å². The van der Waals surface area contributed by atoms with E-state index in [-0.39, 0.29) is 5.91 Å². The van der Waals surface area contributed by atoms with Crippen molar-refractivity contribution in [3.8, 4) is 0 Å². The van der Waals surface area contributed by atoms with Crippen LogP contribution < -0.4 is 5.32 Å². The van der Waals surface area contributed by atoms with E-state index in [1.54, 1.807) is 11.0 Å². The molecule has 0 radical (unpaired) electrons. The highest BCUT2D eigenvalue weighted by Crippen LogP contribution is 2.12. The number of nitrogens with one attached hydrogen (secondary N) is 1. The van der Waals surface area contributed by atoms with E-state index in [1.807, 2.05) is 0 Å². The van der Waals surface area contributed by atoms with Crippen LogP contribution in [0.1, 0.15) is 19.3 Å². The van der Waals surface area contributed by atoms with Crippen LogP contribution in [0, 0.1) is 0 Å². The Morgan fingerprint density at radius 2 is 2.40 bits per heavy atom. The highest BCUT2D eigenvalue weighted by molar-refractivity contribution is 5.85. The number of carbonyl (C=O) groups excluding carboxylic acids is 1. The van der Waals surface area contributed by atoms with Crippen LogP contribution in [0.25, 0.3) is 0 Å². The minimum absolute atomic E-state index is 0.144. The van der Waals surface area contributed by atoms with Crippen LogP contribution in [-0.4, -0.2) is 41.1 Å². The number of likely N-dealkylation sites (tertiary alicyclic amines) is 1. The number of carboxylic acid groups (broad SMARTS) is 1. The molecule has 0 aliphatic carbocycles. The van der Waals surface area contributed by atoms with Gasteiger partial charge in [0, 0.05) is 13.1 Å². The number of rotatable bonds is 3. The molecule has 84 valence electrons. The van der Waals surface area contributed by atoms with Crippen LogP contribution in [0.4, 0.5) is 4.79 Å². The molecule has 1 saturated heterocycles. The molecule has 0 bridgehead atoms. The summed E-state index contributed by atoms with van der Waals surface area (Å²) in [6.07, 6.45) is 2.87. The molecule has 5 heteroatoms. The summed E-state index contributed by atoms with van der Waals surface area (Å²) in [7, 11) is 0. The summed E-state index contributed by atoms with van der Waals surface area (Å²) in [5.41, 5.74) is 0. The fraction of sp³-hybridized carbons (Fsp3) is 0.600. The first kappa shape index (κ1) is 11.6. The molecule has 1 rings (SSSR count). The van der Waals surface area contributed by atoms with E-state index in [0.29, 0.717) is 19.5 Å². The lowest BCUT2D eigenvalue weighted by Crippen LogP contribution is -2.47. The maximum atomic E-state index is 11.8. The van der Waals surface area contributed by atoms with Crippen LogP contribution in [0.5, 0.6) is 0 Å². The highest BCUT2D eigenvalue weighted by Gasteiger charge is 2.27. The Kier molecular flexibility index (Phi) is 4.15. The first-order valence-corrected chi connectivity index (χ1v) is 5.04. The van der Waals surface area contributed by atoms with E-state index in [9.17, 15) is 9.59 Å². The highest BCUT2D eigenvalue weighted by atomic mass is 16.4. The maximum absolute atomic E-state index is 11.8. The molecule has 2 N–H and O–H groups in total. The van der Waals surface area contributed by atoms with Crippen molar-refractivity contribution in [2.45, 2.75) is 25.3 Å². The average Bonchev–Trinajstić information content (AvgIpc) is 2.33. The predicted molar refractivity (Wildman–Crippen MR) is 55.6 cm³/mol. The van der Waals surface area contributed by atoms with Crippen molar-refractivity contribution in [2.75, 3.05) is 13.1 Å². The Bertz CT molecular complexity index is 265. The smallest absolute Gasteiger partial charge is 0.405 e. The van der Waals surface area contributed by atoms with Crippen molar-refractivity contribution in [3.63, 3.8) is 0 Å². The van der Waals surface area contributed by atoms with Crippen molar-refractivity contribution < 1.29 is 14.7 Å². The van der Waals surface area contributed by atoms with Gasteiger partial charge in [0.15, 0.2) is 0 Å². The minimum Gasteiger partial charge on any atom is -0.465 e. The molecule has 1 atom stereocenters.